The average Bonchev–Trinajstić information content (AvgIpc) is 3.17. The third kappa shape index (κ3) is 5.17. The van der Waals surface area contributed by atoms with E-state index in [-0.39, 0.29) is 11.7 Å². The van der Waals surface area contributed by atoms with Crippen LogP contribution >= 0.6 is 0 Å². The Bertz CT molecular complexity index is 893. The van der Waals surface area contributed by atoms with Gasteiger partial charge in [-0.05, 0) is 45.9 Å². The lowest BCUT2D eigenvalue weighted by atomic mass is 10.1. The molecule has 2 heterocycles. The first kappa shape index (κ1) is 21.8. The van der Waals surface area contributed by atoms with Gasteiger partial charge in [-0.15, -0.1) is 0 Å². The highest BCUT2D eigenvalue weighted by Crippen LogP contribution is 2.30. The summed E-state index contributed by atoms with van der Waals surface area (Å²) in [7, 11) is 0. The number of benzene rings is 1. The summed E-state index contributed by atoms with van der Waals surface area (Å²) in [6.45, 7) is 9.51. The molecule has 1 aliphatic heterocycles. The van der Waals surface area contributed by atoms with Gasteiger partial charge in [0, 0.05) is 44.0 Å². The van der Waals surface area contributed by atoms with Crippen LogP contribution in [0.4, 0.5) is 19.4 Å². The smallest absolute Gasteiger partial charge is 0.410 e. The lowest BCUT2D eigenvalue weighted by Gasteiger charge is -2.35. The number of halogens is 2. The SMILES string of the molecule is C/C=C/C(F)(F)c1ccc(-n2ccc(N3CCN(C(=O)OC(C)(C)C)CC3)n2)cc1. The van der Waals surface area contributed by atoms with E-state index in [4.69, 9.17) is 4.74 Å². The van der Waals surface area contributed by atoms with E-state index < -0.39 is 11.5 Å². The normalized spacial score (nSPS) is 15.7. The number of ether oxygens (including phenoxy) is 1. The maximum Gasteiger partial charge on any atom is 0.410 e. The fraction of sp³-hybridized carbons (Fsp3) is 0.455. The van der Waals surface area contributed by atoms with Crippen LogP contribution < -0.4 is 4.90 Å². The fourth-order valence-corrected chi connectivity index (χ4v) is 3.21. The Morgan fingerprint density at radius 3 is 2.27 bits per heavy atom. The number of carbonyl (C=O) groups is 1. The first-order valence-electron chi connectivity index (χ1n) is 10.0. The summed E-state index contributed by atoms with van der Waals surface area (Å²) in [5, 5.41) is 4.57. The molecular weight excluding hydrogens is 390 g/mol. The molecule has 1 amide bonds. The van der Waals surface area contributed by atoms with Gasteiger partial charge in [-0.1, -0.05) is 18.2 Å². The molecule has 8 heteroatoms. The molecule has 0 saturated carbocycles. The Labute approximate surface area is 175 Å². The van der Waals surface area contributed by atoms with Crippen LogP contribution in [0.25, 0.3) is 5.69 Å². The first-order chi connectivity index (χ1) is 14.1. The molecule has 3 rings (SSSR count). The molecule has 162 valence electrons. The lowest BCUT2D eigenvalue weighted by molar-refractivity contribution is 0.0240. The number of alkyl halides is 2. The van der Waals surface area contributed by atoms with Gasteiger partial charge in [-0.3, -0.25) is 0 Å². The second-order valence-corrected chi connectivity index (χ2v) is 8.24. The van der Waals surface area contributed by atoms with E-state index in [1.165, 1.54) is 18.2 Å². The number of allylic oxidation sites excluding steroid dienone is 2. The molecule has 1 saturated heterocycles. The van der Waals surface area contributed by atoms with Crippen LogP contribution in [0.3, 0.4) is 0 Å². The highest BCUT2D eigenvalue weighted by molar-refractivity contribution is 5.68. The minimum Gasteiger partial charge on any atom is -0.444 e. The quantitative estimate of drug-likeness (QED) is 0.681. The molecule has 1 aromatic heterocycles. The second-order valence-electron chi connectivity index (χ2n) is 8.24. The molecule has 0 unspecified atom stereocenters. The third-order valence-electron chi connectivity index (χ3n) is 4.72. The number of rotatable bonds is 4. The molecule has 0 atom stereocenters. The van der Waals surface area contributed by atoms with Crippen molar-refractivity contribution in [3.63, 3.8) is 0 Å². The van der Waals surface area contributed by atoms with Crippen molar-refractivity contribution in [2.24, 2.45) is 0 Å². The zero-order valence-corrected chi connectivity index (χ0v) is 17.8. The largest absolute Gasteiger partial charge is 0.444 e. The van der Waals surface area contributed by atoms with E-state index in [0.29, 0.717) is 31.9 Å². The van der Waals surface area contributed by atoms with E-state index in [2.05, 4.69) is 10.00 Å². The van der Waals surface area contributed by atoms with Crippen LogP contribution in [-0.2, 0) is 10.7 Å². The Balaban J connectivity index is 1.63. The predicted octanol–water partition coefficient (Wildman–Crippen LogP) is 4.60. The Hall–Kier alpha value is -2.90. The summed E-state index contributed by atoms with van der Waals surface area (Å²) in [6, 6.07) is 7.96. The van der Waals surface area contributed by atoms with Gasteiger partial charge in [-0.2, -0.15) is 13.9 Å². The number of amides is 1. The molecule has 1 aliphatic rings. The van der Waals surface area contributed by atoms with Gasteiger partial charge in [0.15, 0.2) is 5.82 Å². The third-order valence-corrected chi connectivity index (χ3v) is 4.72. The molecule has 0 bridgehead atoms. The van der Waals surface area contributed by atoms with E-state index in [0.717, 1.165) is 11.9 Å². The minimum absolute atomic E-state index is 0.0602. The van der Waals surface area contributed by atoms with Crippen molar-refractivity contribution in [2.45, 2.75) is 39.2 Å². The van der Waals surface area contributed by atoms with Crippen LogP contribution in [0, 0.1) is 0 Å². The van der Waals surface area contributed by atoms with Gasteiger partial charge in [0.05, 0.1) is 5.69 Å². The summed E-state index contributed by atoms with van der Waals surface area (Å²) in [5.74, 6) is -2.21. The molecule has 30 heavy (non-hydrogen) atoms. The summed E-state index contributed by atoms with van der Waals surface area (Å²) in [4.78, 5) is 16.0. The number of carbonyl (C=O) groups excluding carboxylic acids is 1. The molecule has 0 N–H and O–H groups in total. The highest BCUT2D eigenvalue weighted by atomic mass is 19.3. The average molecular weight is 418 g/mol. The number of nitrogens with zero attached hydrogens (tertiary/aromatic N) is 4. The van der Waals surface area contributed by atoms with Crippen LogP contribution in [-0.4, -0.2) is 52.6 Å². The zero-order chi connectivity index (χ0) is 21.9. The van der Waals surface area contributed by atoms with Crippen LogP contribution in [0.15, 0.2) is 48.7 Å². The number of hydrogen-bond donors (Lipinski definition) is 0. The Morgan fingerprint density at radius 1 is 1.07 bits per heavy atom. The fourth-order valence-electron chi connectivity index (χ4n) is 3.21. The number of hydrogen-bond acceptors (Lipinski definition) is 4. The van der Waals surface area contributed by atoms with E-state index in [1.54, 1.807) is 34.8 Å². The standard InChI is InChI=1S/C22H28F2N4O2/c1-5-11-22(23,24)17-6-8-18(9-7-17)28-12-10-19(25-28)26-13-15-27(16-14-26)20(29)30-21(2,3)4/h5-12H,13-16H2,1-4H3/b11-5+. The van der Waals surface area contributed by atoms with Crippen molar-refractivity contribution >= 4 is 11.9 Å². The van der Waals surface area contributed by atoms with Crippen molar-refractivity contribution in [3.8, 4) is 5.69 Å². The van der Waals surface area contributed by atoms with E-state index >= 15 is 0 Å². The first-order valence-corrected chi connectivity index (χ1v) is 10.0. The predicted molar refractivity (Wildman–Crippen MR) is 112 cm³/mol. The lowest BCUT2D eigenvalue weighted by Crippen LogP contribution is -2.50. The molecule has 0 radical (unpaired) electrons. The highest BCUT2D eigenvalue weighted by Gasteiger charge is 2.28. The molecule has 0 aliphatic carbocycles. The summed E-state index contributed by atoms with van der Waals surface area (Å²) < 4.78 is 35.0. The van der Waals surface area contributed by atoms with Crippen molar-refractivity contribution < 1.29 is 18.3 Å². The molecule has 0 spiro atoms. The van der Waals surface area contributed by atoms with Gasteiger partial charge >= 0.3 is 6.09 Å². The van der Waals surface area contributed by atoms with Crippen molar-refractivity contribution in [1.29, 1.82) is 0 Å². The van der Waals surface area contributed by atoms with Gasteiger partial charge in [0.1, 0.15) is 5.60 Å². The van der Waals surface area contributed by atoms with Crippen molar-refractivity contribution in [3.05, 3.63) is 54.2 Å². The zero-order valence-electron chi connectivity index (χ0n) is 17.8. The Kier molecular flexibility index (Phi) is 6.14. The molecular formula is C22H28F2N4O2. The van der Waals surface area contributed by atoms with Gasteiger partial charge in [0.2, 0.25) is 0 Å². The second kappa shape index (κ2) is 8.45. The number of piperazine rings is 1. The maximum atomic E-state index is 14.0. The van der Waals surface area contributed by atoms with Gasteiger partial charge in [0.25, 0.3) is 5.92 Å². The molecule has 6 nitrogen and oxygen atoms in total. The molecule has 2 aromatic rings. The minimum atomic E-state index is -2.99. The summed E-state index contributed by atoms with van der Waals surface area (Å²) in [5.41, 5.74) is 0.128. The van der Waals surface area contributed by atoms with Gasteiger partial charge in [-0.25, -0.2) is 9.48 Å². The van der Waals surface area contributed by atoms with Crippen LogP contribution in [0.2, 0.25) is 0 Å². The topological polar surface area (TPSA) is 50.6 Å². The summed E-state index contributed by atoms with van der Waals surface area (Å²) >= 11 is 0. The number of aromatic nitrogens is 2. The molecule has 1 aromatic carbocycles. The van der Waals surface area contributed by atoms with E-state index in [9.17, 15) is 13.6 Å². The summed E-state index contributed by atoms with van der Waals surface area (Å²) in [6.07, 6.45) is 3.72. The molecule has 1 fully saturated rings. The van der Waals surface area contributed by atoms with Crippen molar-refractivity contribution in [1.82, 2.24) is 14.7 Å². The monoisotopic (exact) mass is 418 g/mol. The number of anilines is 1. The van der Waals surface area contributed by atoms with Crippen LogP contribution in [0.1, 0.15) is 33.3 Å². The maximum absolute atomic E-state index is 14.0. The Morgan fingerprint density at radius 2 is 1.70 bits per heavy atom. The van der Waals surface area contributed by atoms with Crippen LogP contribution in [0.5, 0.6) is 0 Å². The van der Waals surface area contributed by atoms with E-state index in [1.807, 2.05) is 26.8 Å². The van der Waals surface area contributed by atoms with Crippen molar-refractivity contribution in [2.75, 3.05) is 31.1 Å². The van der Waals surface area contributed by atoms with Gasteiger partial charge < -0.3 is 14.5 Å².